The lowest BCUT2D eigenvalue weighted by molar-refractivity contribution is -0.142. The second-order valence-corrected chi connectivity index (χ2v) is 4.61. The van der Waals surface area contributed by atoms with E-state index < -0.39 is 6.10 Å². The van der Waals surface area contributed by atoms with Crippen molar-refractivity contribution in [1.82, 2.24) is 4.90 Å². The lowest BCUT2D eigenvalue weighted by atomic mass is 10.2. The van der Waals surface area contributed by atoms with Gasteiger partial charge in [0.2, 0.25) is 0 Å². The summed E-state index contributed by atoms with van der Waals surface area (Å²) in [5, 5.41) is 0. The molecule has 0 radical (unpaired) electrons. The van der Waals surface area contributed by atoms with Crippen LogP contribution in [0.1, 0.15) is 12.5 Å². The minimum Gasteiger partial charge on any atom is -0.481 e. The molecule has 0 N–H and O–H groups in total. The highest BCUT2D eigenvalue weighted by molar-refractivity contribution is 5.81. The van der Waals surface area contributed by atoms with Gasteiger partial charge in [0.15, 0.2) is 6.10 Å². The number of hydrogen-bond donors (Lipinski definition) is 0. The van der Waals surface area contributed by atoms with Gasteiger partial charge in [-0.15, -0.1) is 0 Å². The van der Waals surface area contributed by atoms with Crippen LogP contribution in [-0.4, -0.2) is 43.2 Å². The van der Waals surface area contributed by atoms with Crippen LogP contribution in [0, 0.1) is 12.7 Å². The first-order valence-corrected chi connectivity index (χ1v) is 6.37. The molecular formula is C14H18FNO3. The van der Waals surface area contributed by atoms with E-state index in [2.05, 4.69) is 0 Å². The summed E-state index contributed by atoms with van der Waals surface area (Å²) in [5.74, 6) is 0.165. The van der Waals surface area contributed by atoms with Crippen LogP contribution < -0.4 is 4.74 Å². The van der Waals surface area contributed by atoms with Crippen LogP contribution in [0.2, 0.25) is 0 Å². The van der Waals surface area contributed by atoms with Gasteiger partial charge in [-0.2, -0.15) is 0 Å². The highest BCUT2D eigenvalue weighted by Gasteiger charge is 2.23. The van der Waals surface area contributed by atoms with E-state index in [-0.39, 0.29) is 11.7 Å². The number of halogens is 1. The summed E-state index contributed by atoms with van der Waals surface area (Å²) >= 11 is 0. The lowest BCUT2D eigenvalue weighted by Crippen LogP contribution is -2.46. The summed E-state index contributed by atoms with van der Waals surface area (Å²) < 4.78 is 23.9. The lowest BCUT2D eigenvalue weighted by Gasteiger charge is -2.29. The second-order valence-electron chi connectivity index (χ2n) is 4.61. The minimum absolute atomic E-state index is 0.0646. The topological polar surface area (TPSA) is 38.8 Å². The van der Waals surface area contributed by atoms with Gasteiger partial charge >= 0.3 is 0 Å². The molecule has 1 aliphatic heterocycles. The number of nitrogens with zero attached hydrogens (tertiary/aromatic N) is 1. The highest BCUT2D eigenvalue weighted by Crippen LogP contribution is 2.18. The SMILES string of the molecule is Cc1cc(OC(C)C(=O)N2CCOCC2)ccc1F. The summed E-state index contributed by atoms with van der Waals surface area (Å²) in [5.41, 5.74) is 0.503. The quantitative estimate of drug-likeness (QED) is 0.837. The predicted molar refractivity (Wildman–Crippen MR) is 68.6 cm³/mol. The van der Waals surface area contributed by atoms with Crippen molar-refractivity contribution >= 4 is 5.91 Å². The molecule has 0 saturated carbocycles. The first-order chi connectivity index (χ1) is 9.08. The predicted octanol–water partition coefficient (Wildman–Crippen LogP) is 1.76. The summed E-state index contributed by atoms with van der Waals surface area (Å²) in [6.07, 6.45) is -0.581. The molecule has 1 atom stereocenters. The molecule has 1 fully saturated rings. The standard InChI is InChI=1S/C14H18FNO3/c1-10-9-12(3-4-13(10)15)19-11(2)14(17)16-5-7-18-8-6-16/h3-4,9,11H,5-8H2,1-2H3. The monoisotopic (exact) mass is 267 g/mol. The molecule has 1 aliphatic rings. The van der Waals surface area contributed by atoms with Gasteiger partial charge < -0.3 is 14.4 Å². The van der Waals surface area contributed by atoms with E-state index in [1.165, 1.54) is 12.1 Å². The molecule has 1 aromatic carbocycles. The van der Waals surface area contributed by atoms with Gasteiger partial charge in [-0.05, 0) is 37.6 Å². The van der Waals surface area contributed by atoms with Gasteiger partial charge in [-0.3, -0.25) is 4.79 Å². The number of hydrogen-bond acceptors (Lipinski definition) is 3. The zero-order chi connectivity index (χ0) is 13.8. The van der Waals surface area contributed by atoms with Gasteiger partial charge in [0.1, 0.15) is 11.6 Å². The van der Waals surface area contributed by atoms with Crippen LogP contribution in [0.3, 0.4) is 0 Å². The number of carbonyl (C=O) groups excluding carboxylic acids is 1. The number of amides is 1. The fourth-order valence-corrected chi connectivity index (χ4v) is 1.99. The van der Waals surface area contributed by atoms with Crippen molar-refractivity contribution in [3.63, 3.8) is 0 Å². The molecule has 19 heavy (non-hydrogen) atoms. The number of carbonyl (C=O) groups is 1. The molecule has 0 aliphatic carbocycles. The summed E-state index contributed by atoms with van der Waals surface area (Å²) in [6, 6.07) is 4.47. The van der Waals surface area contributed by atoms with E-state index in [1.807, 2.05) is 0 Å². The molecule has 1 aromatic rings. The molecule has 5 heteroatoms. The van der Waals surface area contributed by atoms with Crippen LogP contribution in [0.5, 0.6) is 5.75 Å². The zero-order valence-electron chi connectivity index (χ0n) is 11.2. The third-order valence-corrected chi connectivity index (χ3v) is 3.11. The number of benzene rings is 1. The average molecular weight is 267 g/mol. The van der Waals surface area contributed by atoms with Crippen molar-refractivity contribution in [3.8, 4) is 5.75 Å². The molecule has 0 spiro atoms. The normalized spacial score (nSPS) is 17.1. The van der Waals surface area contributed by atoms with E-state index >= 15 is 0 Å². The Labute approximate surface area is 112 Å². The van der Waals surface area contributed by atoms with Crippen molar-refractivity contribution in [2.75, 3.05) is 26.3 Å². The van der Waals surface area contributed by atoms with Crippen LogP contribution in [0.15, 0.2) is 18.2 Å². The van der Waals surface area contributed by atoms with E-state index in [1.54, 1.807) is 24.8 Å². The first-order valence-electron chi connectivity index (χ1n) is 6.37. The maximum absolute atomic E-state index is 13.1. The molecule has 1 unspecified atom stereocenters. The minimum atomic E-state index is -0.581. The van der Waals surface area contributed by atoms with Crippen LogP contribution >= 0.6 is 0 Å². The summed E-state index contributed by atoms with van der Waals surface area (Å²) in [6.45, 7) is 5.68. The largest absolute Gasteiger partial charge is 0.481 e. The van der Waals surface area contributed by atoms with E-state index in [9.17, 15) is 9.18 Å². The Hall–Kier alpha value is -1.62. The third kappa shape index (κ3) is 3.44. The number of aryl methyl sites for hydroxylation is 1. The Bertz CT molecular complexity index is 458. The fraction of sp³-hybridized carbons (Fsp3) is 0.500. The molecule has 1 heterocycles. The van der Waals surface area contributed by atoms with Crippen molar-refractivity contribution in [3.05, 3.63) is 29.6 Å². The molecule has 104 valence electrons. The first kappa shape index (κ1) is 13.8. The van der Waals surface area contributed by atoms with Gasteiger partial charge in [-0.25, -0.2) is 4.39 Å². The molecule has 1 amide bonds. The van der Waals surface area contributed by atoms with E-state index in [0.29, 0.717) is 37.6 Å². The second kappa shape index (κ2) is 6.02. The highest BCUT2D eigenvalue weighted by atomic mass is 19.1. The van der Waals surface area contributed by atoms with Crippen molar-refractivity contribution in [1.29, 1.82) is 0 Å². The van der Waals surface area contributed by atoms with Crippen LogP contribution in [0.25, 0.3) is 0 Å². The van der Waals surface area contributed by atoms with Gasteiger partial charge in [0, 0.05) is 13.1 Å². The molecule has 1 saturated heterocycles. The van der Waals surface area contributed by atoms with Crippen molar-refractivity contribution in [2.45, 2.75) is 20.0 Å². The Kier molecular flexibility index (Phi) is 4.37. The average Bonchev–Trinajstić information content (AvgIpc) is 2.43. The maximum Gasteiger partial charge on any atom is 0.263 e. The van der Waals surface area contributed by atoms with Gasteiger partial charge in [-0.1, -0.05) is 0 Å². The third-order valence-electron chi connectivity index (χ3n) is 3.11. The number of rotatable bonds is 3. The molecule has 0 aromatic heterocycles. The fourth-order valence-electron chi connectivity index (χ4n) is 1.99. The number of ether oxygens (including phenoxy) is 2. The molecule has 4 nitrogen and oxygen atoms in total. The molecular weight excluding hydrogens is 249 g/mol. The Morgan fingerprint density at radius 1 is 1.42 bits per heavy atom. The van der Waals surface area contributed by atoms with E-state index in [0.717, 1.165) is 0 Å². The van der Waals surface area contributed by atoms with Crippen molar-refractivity contribution < 1.29 is 18.7 Å². The van der Waals surface area contributed by atoms with Crippen molar-refractivity contribution in [2.24, 2.45) is 0 Å². The Morgan fingerprint density at radius 2 is 2.11 bits per heavy atom. The summed E-state index contributed by atoms with van der Waals surface area (Å²) in [4.78, 5) is 13.9. The summed E-state index contributed by atoms with van der Waals surface area (Å²) in [7, 11) is 0. The molecule has 0 bridgehead atoms. The maximum atomic E-state index is 13.1. The smallest absolute Gasteiger partial charge is 0.263 e. The Balaban J connectivity index is 1.97. The zero-order valence-corrected chi connectivity index (χ0v) is 11.2. The Morgan fingerprint density at radius 3 is 2.74 bits per heavy atom. The van der Waals surface area contributed by atoms with Gasteiger partial charge in [0.05, 0.1) is 13.2 Å². The van der Waals surface area contributed by atoms with E-state index in [4.69, 9.17) is 9.47 Å². The number of morpholine rings is 1. The van der Waals surface area contributed by atoms with Crippen LogP contribution in [-0.2, 0) is 9.53 Å². The molecule has 2 rings (SSSR count). The van der Waals surface area contributed by atoms with Gasteiger partial charge in [0.25, 0.3) is 5.91 Å². The van der Waals surface area contributed by atoms with Crippen LogP contribution in [0.4, 0.5) is 4.39 Å².